The highest BCUT2D eigenvalue weighted by molar-refractivity contribution is 5.89. The fourth-order valence-electron chi connectivity index (χ4n) is 4.83. The fourth-order valence-corrected chi connectivity index (χ4v) is 4.83. The van der Waals surface area contributed by atoms with Crippen molar-refractivity contribution >= 4 is 16.8 Å². The van der Waals surface area contributed by atoms with Gasteiger partial charge in [0.2, 0.25) is 5.91 Å². The van der Waals surface area contributed by atoms with E-state index in [1.54, 1.807) is 0 Å². The number of hydrogen-bond acceptors (Lipinski definition) is 4. The van der Waals surface area contributed by atoms with Crippen molar-refractivity contribution in [1.29, 1.82) is 0 Å². The van der Waals surface area contributed by atoms with E-state index in [9.17, 15) is 4.79 Å². The Balaban J connectivity index is 1.47. The van der Waals surface area contributed by atoms with Gasteiger partial charge in [0.15, 0.2) is 0 Å². The minimum Gasteiger partial charge on any atom is -0.484 e. The number of benzene rings is 2. The van der Waals surface area contributed by atoms with Crippen LogP contribution in [0.1, 0.15) is 29.2 Å². The van der Waals surface area contributed by atoms with Crippen LogP contribution in [0.3, 0.4) is 0 Å². The van der Waals surface area contributed by atoms with E-state index in [1.165, 1.54) is 11.1 Å². The molecule has 1 fully saturated rings. The molecule has 5 rings (SSSR count). The Kier molecular flexibility index (Phi) is 4.53. The average Bonchev–Trinajstić information content (AvgIpc) is 3.40. The number of amides is 1. The molecule has 2 heterocycles. The summed E-state index contributed by atoms with van der Waals surface area (Å²) in [6.45, 7) is 1.93. The number of nitrogens with zero attached hydrogens (tertiary/aromatic N) is 1. The number of likely N-dealkylation sites (tertiary alicyclic amines) is 1. The van der Waals surface area contributed by atoms with Crippen LogP contribution in [0.2, 0.25) is 0 Å². The smallest absolute Gasteiger partial charge is 0.221 e. The summed E-state index contributed by atoms with van der Waals surface area (Å²) in [5, 5.41) is 0.979. The zero-order chi connectivity index (χ0) is 20.0. The van der Waals surface area contributed by atoms with E-state index in [2.05, 4.69) is 34.1 Å². The number of aromatic amines is 1. The molecule has 2 aromatic carbocycles. The second-order valence-electron chi connectivity index (χ2n) is 8.22. The number of carbonyl (C=O) groups excluding carboxylic acids is 1. The second kappa shape index (κ2) is 7.21. The van der Waals surface area contributed by atoms with Crippen molar-refractivity contribution in [3.8, 4) is 5.75 Å². The van der Waals surface area contributed by atoms with Gasteiger partial charge in [-0.3, -0.25) is 9.69 Å². The van der Waals surface area contributed by atoms with Crippen LogP contribution in [0.4, 0.5) is 0 Å². The van der Waals surface area contributed by atoms with Gasteiger partial charge < -0.3 is 21.2 Å². The predicted molar refractivity (Wildman–Crippen MR) is 113 cm³/mol. The first kappa shape index (κ1) is 18.2. The van der Waals surface area contributed by atoms with Crippen LogP contribution in [0, 0.1) is 0 Å². The molecule has 0 radical (unpaired) electrons. The number of hydrogen-bond donors (Lipinski definition) is 3. The lowest BCUT2D eigenvalue weighted by molar-refractivity contribution is -0.117. The van der Waals surface area contributed by atoms with E-state index >= 15 is 0 Å². The predicted octanol–water partition coefficient (Wildman–Crippen LogP) is 2.27. The zero-order valence-electron chi connectivity index (χ0n) is 16.3. The molecule has 1 saturated heterocycles. The molecule has 6 nitrogen and oxygen atoms in total. The van der Waals surface area contributed by atoms with Crippen molar-refractivity contribution in [1.82, 2.24) is 9.88 Å². The van der Waals surface area contributed by atoms with E-state index in [0.717, 1.165) is 48.1 Å². The van der Waals surface area contributed by atoms with Crippen LogP contribution >= 0.6 is 0 Å². The summed E-state index contributed by atoms with van der Waals surface area (Å²) >= 11 is 0. The molecule has 0 spiro atoms. The molecule has 1 aliphatic carbocycles. The largest absolute Gasteiger partial charge is 0.484 e. The van der Waals surface area contributed by atoms with Gasteiger partial charge in [-0.2, -0.15) is 0 Å². The molecular formula is C23H26N4O2. The first-order valence-corrected chi connectivity index (χ1v) is 10.2. The van der Waals surface area contributed by atoms with Gasteiger partial charge in [0.1, 0.15) is 11.9 Å². The van der Waals surface area contributed by atoms with Gasteiger partial charge in [-0.1, -0.05) is 24.3 Å². The lowest BCUT2D eigenvalue weighted by Crippen LogP contribution is -2.40. The summed E-state index contributed by atoms with van der Waals surface area (Å²) in [5.74, 6) is 0.463. The van der Waals surface area contributed by atoms with Crippen LogP contribution in [0.25, 0.3) is 10.9 Å². The maximum Gasteiger partial charge on any atom is 0.221 e. The molecule has 1 amide bonds. The summed E-state index contributed by atoms with van der Waals surface area (Å²) < 4.78 is 6.59. The number of aromatic nitrogens is 1. The number of carbonyl (C=O) groups is 1. The third-order valence-corrected chi connectivity index (χ3v) is 6.23. The number of H-pyrrole nitrogens is 1. The molecule has 0 saturated carbocycles. The quantitative estimate of drug-likeness (QED) is 0.623. The molecule has 29 heavy (non-hydrogen) atoms. The third kappa shape index (κ3) is 3.39. The molecule has 1 aromatic heterocycles. The highest BCUT2D eigenvalue weighted by atomic mass is 16.5. The van der Waals surface area contributed by atoms with Crippen molar-refractivity contribution in [2.24, 2.45) is 11.5 Å². The molecule has 6 heteroatoms. The van der Waals surface area contributed by atoms with Gasteiger partial charge in [-0.05, 0) is 47.7 Å². The highest BCUT2D eigenvalue weighted by Gasteiger charge is 2.40. The van der Waals surface area contributed by atoms with Gasteiger partial charge >= 0.3 is 0 Å². The number of ether oxygens (including phenoxy) is 1. The fraction of sp³-hybridized carbons (Fsp3) is 0.348. The van der Waals surface area contributed by atoms with E-state index in [-0.39, 0.29) is 30.5 Å². The van der Waals surface area contributed by atoms with Gasteiger partial charge in [-0.15, -0.1) is 0 Å². The lowest BCUT2D eigenvalue weighted by atomic mass is 10.1. The zero-order valence-corrected chi connectivity index (χ0v) is 16.3. The average molecular weight is 390 g/mol. The van der Waals surface area contributed by atoms with E-state index in [1.807, 2.05) is 24.4 Å². The van der Waals surface area contributed by atoms with Crippen molar-refractivity contribution in [2.75, 3.05) is 13.1 Å². The van der Waals surface area contributed by atoms with Crippen LogP contribution < -0.4 is 16.2 Å². The summed E-state index contributed by atoms with van der Waals surface area (Å²) in [5.41, 5.74) is 16.0. The molecule has 0 bridgehead atoms. The third-order valence-electron chi connectivity index (χ3n) is 6.23. The SMILES string of the molecule is NC(=O)Cc1c[nH]c2ccc(O[C@@H]3c4ccccc4C[C@H]3N3CCC(N)C3)cc12. The Hall–Kier alpha value is -2.83. The Bertz CT molecular complexity index is 1060. The second-order valence-corrected chi connectivity index (χ2v) is 8.22. The molecule has 3 aromatic rings. The first-order valence-electron chi connectivity index (χ1n) is 10.2. The Morgan fingerprint density at radius 1 is 1.24 bits per heavy atom. The monoisotopic (exact) mass is 390 g/mol. The molecule has 1 unspecified atom stereocenters. The van der Waals surface area contributed by atoms with Crippen molar-refractivity contribution in [3.05, 3.63) is 65.4 Å². The molecule has 1 aliphatic heterocycles. The molecule has 2 aliphatic rings. The summed E-state index contributed by atoms with van der Waals surface area (Å²) in [6, 6.07) is 15.1. The van der Waals surface area contributed by atoms with Gasteiger partial charge in [0.25, 0.3) is 0 Å². The van der Waals surface area contributed by atoms with Crippen LogP contribution in [0.5, 0.6) is 5.75 Å². The maximum absolute atomic E-state index is 11.4. The first-order chi connectivity index (χ1) is 14.1. The van der Waals surface area contributed by atoms with Crippen molar-refractivity contribution in [3.63, 3.8) is 0 Å². The number of nitrogens with one attached hydrogen (secondary N) is 1. The Labute approximate surface area is 169 Å². The Morgan fingerprint density at radius 2 is 2.10 bits per heavy atom. The molecule has 150 valence electrons. The van der Waals surface area contributed by atoms with Crippen LogP contribution in [-0.2, 0) is 17.6 Å². The van der Waals surface area contributed by atoms with Crippen LogP contribution in [0.15, 0.2) is 48.7 Å². The molecule has 5 N–H and O–H groups in total. The number of rotatable bonds is 5. The van der Waals surface area contributed by atoms with Crippen molar-refractivity contribution in [2.45, 2.75) is 37.5 Å². The number of fused-ring (bicyclic) bond motifs is 2. The van der Waals surface area contributed by atoms with Crippen molar-refractivity contribution < 1.29 is 9.53 Å². The minimum atomic E-state index is -0.340. The van der Waals surface area contributed by atoms with E-state index < -0.39 is 0 Å². The number of nitrogens with two attached hydrogens (primary N) is 2. The Morgan fingerprint density at radius 3 is 2.90 bits per heavy atom. The van der Waals surface area contributed by atoms with E-state index in [0.29, 0.717) is 0 Å². The van der Waals surface area contributed by atoms with E-state index in [4.69, 9.17) is 16.2 Å². The summed E-state index contributed by atoms with van der Waals surface area (Å²) in [4.78, 5) is 17.1. The minimum absolute atomic E-state index is 0.0347. The summed E-state index contributed by atoms with van der Waals surface area (Å²) in [6.07, 6.45) is 4.04. The topological polar surface area (TPSA) is 97.4 Å². The maximum atomic E-state index is 11.4. The normalized spacial score (nSPS) is 24.1. The summed E-state index contributed by atoms with van der Waals surface area (Å²) in [7, 11) is 0. The molecule has 3 atom stereocenters. The van der Waals surface area contributed by atoms with Crippen LogP contribution in [-0.4, -0.2) is 41.0 Å². The standard InChI is InChI=1S/C23H26N4O2/c24-16-7-8-27(13-16)21-9-14-3-1-2-4-18(14)23(21)29-17-5-6-20-19(11-17)15(12-26-20)10-22(25)28/h1-6,11-12,16,21,23,26H,7-10,13,24H2,(H2,25,28)/t16?,21-,23-/m1/s1. The lowest BCUT2D eigenvalue weighted by Gasteiger charge is -2.30. The van der Waals surface area contributed by atoms with Gasteiger partial charge in [0.05, 0.1) is 12.5 Å². The number of primary amides is 1. The molecular weight excluding hydrogens is 364 g/mol. The van der Waals surface area contributed by atoms with Gasteiger partial charge in [-0.25, -0.2) is 0 Å². The van der Waals surface area contributed by atoms with Gasteiger partial charge in [0, 0.05) is 36.2 Å². The highest BCUT2D eigenvalue weighted by Crippen LogP contribution is 2.39.